The van der Waals surface area contributed by atoms with Crippen LogP contribution in [0.4, 0.5) is 17.3 Å². The summed E-state index contributed by atoms with van der Waals surface area (Å²) in [5, 5.41) is 3.62. The van der Waals surface area contributed by atoms with E-state index in [2.05, 4.69) is 35.2 Å². The molecule has 0 spiro atoms. The fourth-order valence-electron chi connectivity index (χ4n) is 1.93. The molecule has 0 aliphatic heterocycles. The molecule has 4 nitrogen and oxygen atoms in total. The molecular formula is C14H17ClN4. The lowest BCUT2D eigenvalue weighted by Crippen LogP contribution is -2.04. The van der Waals surface area contributed by atoms with Crippen LogP contribution in [0, 0.1) is 6.92 Å². The molecule has 19 heavy (non-hydrogen) atoms. The van der Waals surface area contributed by atoms with E-state index >= 15 is 0 Å². The molecule has 0 aliphatic rings. The maximum Gasteiger partial charge on any atom is 0.154 e. The third-order valence-electron chi connectivity index (χ3n) is 2.99. The number of benzene rings is 1. The number of nitrogens with zero attached hydrogens (tertiary/aromatic N) is 2. The summed E-state index contributed by atoms with van der Waals surface area (Å²) in [6.07, 6.45) is 1.40. The molecule has 0 amide bonds. The molecule has 2 aromatic rings. The van der Waals surface area contributed by atoms with Crippen molar-refractivity contribution >= 4 is 28.9 Å². The van der Waals surface area contributed by atoms with Gasteiger partial charge in [0.2, 0.25) is 0 Å². The Morgan fingerprint density at radius 2 is 2.00 bits per heavy atom. The van der Waals surface area contributed by atoms with Crippen molar-refractivity contribution < 1.29 is 0 Å². The summed E-state index contributed by atoms with van der Waals surface area (Å²) < 4.78 is 0. The molecule has 1 heterocycles. The van der Waals surface area contributed by atoms with Crippen molar-refractivity contribution in [2.75, 3.05) is 11.1 Å². The smallest absolute Gasteiger partial charge is 0.154 e. The van der Waals surface area contributed by atoms with E-state index in [1.807, 2.05) is 19.1 Å². The maximum absolute atomic E-state index is 6.11. The zero-order chi connectivity index (χ0) is 14.0. The molecular weight excluding hydrogens is 260 g/mol. The first-order chi connectivity index (χ1) is 9.00. The van der Waals surface area contributed by atoms with E-state index < -0.39 is 0 Å². The van der Waals surface area contributed by atoms with E-state index in [0.717, 1.165) is 11.3 Å². The lowest BCUT2D eigenvalue weighted by molar-refractivity contribution is 0.867. The van der Waals surface area contributed by atoms with Crippen molar-refractivity contribution in [1.82, 2.24) is 9.97 Å². The molecule has 0 aliphatic carbocycles. The Labute approximate surface area is 118 Å². The summed E-state index contributed by atoms with van der Waals surface area (Å²) in [5.74, 6) is 1.21. The molecule has 2 rings (SSSR count). The van der Waals surface area contributed by atoms with Crippen molar-refractivity contribution in [2.45, 2.75) is 26.7 Å². The second kappa shape index (κ2) is 5.45. The first kappa shape index (κ1) is 13.6. The average molecular weight is 277 g/mol. The van der Waals surface area contributed by atoms with Crippen LogP contribution in [-0.2, 0) is 0 Å². The minimum absolute atomic E-state index is 0.277. The molecule has 0 unspecified atom stereocenters. The Balaban J connectivity index is 2.46. The standard InChI is InChI=1S/C14H17ClN4/c1-8(2)10-6-4-5-9(3)12(10)19-14-11(15)13(16)17-7-18-14/h4-8H,1-3H3,(H3,16,17,18,19). The number of aromatic nitrogens is 2. The van der Waals surface area contributed by atoms with Crippen LogP contribution in [-0.4, -0.2) is 9.97 Å². The molecule has 0 saturated carbocycles. The van der Waals surface area contributed by atoms with Crippen molar-refractivity contribution in [3.8, 4) is 0 Å². The maximum atomic E-state index is 6.11. The number of halogens is 1. The van der Waals surface area contributed by atoms with Gasteiger partial charge in [-0.15, -0.1) is 0 Å². The lowest BCUT2D eigenvalue weighted by Gasteiger charge is -2.17. The van der Waals surface area contributed by atoms with Crippen molar-refractivity contribution in [3.63, 3.8) is 0 Å². The van der Waals surface area contributed by atoms with Gasteiger partial charge in [0.05, 0.1) is 0 Å². The van der Waals surface area contributed by atoms with E-state index in [9.17, 15) is 0 Å². The Hall–Kier alpha value is -1.81. The highest BCUT2D eigenvalue weighted by molar-refractivity contribution is 6.35. The number of hydrogen-bond donors (Lipinski definition) is 2. The van der Waals surface area contributed by atoms with E-state index in [1.54, 1.807) is 0 Å². The van der Waals surface area contributed by atoms with Gasteiger partial charge in [0, 0.05) is 5.69 Å². The summed E-state index contributed by atoms with van der Waals surface area (Å²) in [7, 11) is 0. The number of nitrogens with one attached hydrogen (secondary N) is 1. The van der Waals surface area contributed by atoms with Crippen LogP contribution < -0.4 is 11.1 Å². The van der Waals surface area contributed by atoms with Gasteiger partial charge in [0.15, 0.2) is 5.82 Å². The van der Waals surface area contributed by atoms with Crippen molar-refractivity contribution in [1.29, 1.82) is 0 Å². The number of nitrogens with two attached hydrogens (primary N) is 1. The zero-order valence-electron chi connectivity index (χ0n) is 11.2. The minimum atomic E-state index is 0.277. The van der Waals surface area contributed by atoms with Gasteiger partial charge in [-0.3, -0.25) is 0 Å². The number of aryl methyl sites for hydroxylation is 1. The van der Waals surface area contributed by atoms with Crippen LogP contribution in [0.15, 0.2) is 24.5 Å². The highest BCUT2D eigenvalue weighted by atomic mass is 35.5. The second-order valence-corrected chi connectivity index (χ2v) is 5.12. The summed E-state index contributed by atoms with van der Waals surface area (Å²) >= 11 is 6.11. The van der Waals surface area contributed by atoms with Crippen LogP contribution in [0.25, 0.3) is 0 Å². The van der Waals surface area contributed by atoms with Crippen LogP contribution in [0.2, 0.25) is 5.02 Å². The van der Waals surface area contributed by atoms with Gasteiger partial charge in [0.25, 0.3) is 0 Å². The molecule has 0 saturated heterocycles. The largest absolute Gasteiger partial charge is 0.382 e. The summed E-state index contributed by atoms with van der Waals surface area (Å²) in [4.78, 5) is 8.00. The molecule has 1 aromatic carbocycles. The van der Waals surface area contributed by atoms with Gasteiger partial charge in [0.1, 0.15) is 17.2 Å². The molecule has 0 fully saturated rings. The van der Waals surface area contributed by atoms with E-state index in [-0.39, 0.29) is 5.82 Å². The van der Waals surface area contributed by atoms with Gasteiger partial charge in [-0.25, -0.2) is 9.97 Å². The van der Waals surface area contributed by atoms with Crippen molar-refractivity contribution in [3.05, 3.63) is 40.7 Å². The first-order valence-corrected chi connectivity index (χ1v) is 6.51. The first-order valence-electron chi connectivity index (χ1n) is 6.13. The molecule has 0 atom stereocenters. The molecule has 0 bridgehead atoms. The Morgan fingerprint density at radius 3 is 2.68 bits per heavy atom. The van der Waals surface area contributed by atoms with Gasteiger partial charge in [-0.2, -0.15) is 0 Å². The summed E-state index contributed by atoms with van der Waals surface area (Å²) in [6, 6.07) is 6.19. The number of anilines is 3. The average Bonchev–Trinajstić information content (AvgIpc) is 2.36. The fraction of sp³-hybridized carbons (Fsp3) is 0.286. The van der Waals surface area contributed by atoms with Crippen LogP contribution >= 0.6 is 11.6 Å². The quantitative estimate of drug-likeness (QED) is 0.893. The normalized spacial score (nSPS) is 10.8. The minimum Gasteiger partial charge on any atom is -0.382 e. The van der Waals surface area contributed by atoms with Crippen molar-refractivity contribution in [2.24, 2.45) is 0 Å². The molecule has 5 heteroatoms. The van der Waals surface area contributed by atoms with Crippen LogP contribution in [0.1, 0.15) is 30.9 Å². The fourth-order valence-corrected chi connectivity index (χ4v) is 2.08. The molecule has 100 valence electrons. The SMILES string of the molecule is Cc1cccc(C(C)C)c1Nc1ncnc(N)c1Cl. The van der Waals surface area contributed by atoms with E-state index in [0.29, 0.717) is 16.8 Å². The molecule has 0 radical (unpaired) electrons. The van der Waals surface area contributed by atoms with Gasteiger partial charge >= 0.3 is 0 Å². The predicted octanol–water partition coefficient (Wildman–Crippen LogP) is 3.89. The number of para-hydroxylation sites is 1. The third-order valence-corrected chi connectivity index (χ3v) is 3.36. The second-order valence-electron chi connectivity index (χ2n) is 4.74. The number of hydrogen-bond acceptors (Lipinski definition) is 4. The highest BCUT2D eigenvalue weighted by Crippen LogP contribution is 2.32. The van der Waals surface area contributed by atoms with E-state index in [1.165, 1.54) is 11.9 Å². The summed E-state index contributed by atoms with van der Waals surface area (Å²) in [5.41, 5.74) is 9.07. The Morgan fingerprint density at radius 1 is 1.26 bits per heavy atom. The van der Waals surface area contributed by atoms with Gasteiger partial charge in [-0.1, -0.05) is 43.6 Å². The Kier molecular flexibility index (Phi) is 3.90. The van der Waals surface area contributed by atoms with Gasteiger partial charge in [-0.05, 0) is 24.0 Å². The summed E-state index contributed by atoms with van der Waals surface area (Å²) in [6.45, 7) is 6.35. The van der Waals surface area contributed by atoms with Gasteiger partial charge < -0.3 is 11.1 Å². The lowest BCUT2D eigenvalue weighted by atomic mass is 9.98. The zero-order valence-corrected chi connectivity index (χ0v) is 12.0. The predicted molar refractivity (Wildman–Crippen MR) is 80.0 cm³/mol. The van der Waals surface area contributed by atoms with E-state index in [4.69, 9.17) is 17.3 Å². The Bertz CT molecular complexity index is 596. The molecule has 3 N–H and O–H groups in total. The third kappa shape index (κ3) is 2.79. The van der Waals surface area contributed by atoms with Crippen LogP contribution in [0.3, 0.4) is 0 Å². The highest BCUT2D eigenvalue weighted by Gasteiger charge is 2.12. The monoisotopic (exact) mass is 276 g/mol. The number of nitrogen functional groups attached to an aromatic ring is 1. The van der Waals surface area contributed by atoms with Crippen LogP contribution in [0.5, 0.6) is 0 Å². The topological polar surface area (TPSA) is 63.8 Å². The number of rotatable bonds is 3. The molecule has 1 aromatic heterocycles.